The van der Waals surface area contributed by atoms with Crippen LogP contribution in [0.5, 0.6) is 0 Å². The van der Waals surface area contributed by atoms with Crippen molar-refractivity contribution in [3.8, 4) is 0 Å². The van der Waals surface area contributed by atoms with Crippen LogP contribution in [0.4, 0.5) is 0 Å². The minimum Gasteiger partial charge on any atom is -0.308 e. The van der Waals surface area contributed by atoms with Crippen LogP contribution >= 0.6 is 0 Å². The third-order valence-electron chi connectivity index (χ3n) is 5.03. The molecule has 2 aliphatic rings. The van der Waals surface area contributed by atoms with Gasteiger partial charge >= 0.3 is 0 Å². The molecule has 1 aromatic carbocycles. The second kappa shape index (κ2) is 6.73. The summed E-state index contributed by atoms with van der Waals surface area (Å²) in [6, 6.07) is 12.4. The minimum absolute atomic E-state index is 0.577. The molecule has 0 radical (unpaired) electrons. The molecule has 2 saturated carbocycles. The van der Waals surface area contributed by atoms with Crippen molar-refractivity contribution in [2.45, 2.75) is 50.6 Å². The second-order valence-corrected chi connectivity index (χ2v) is 6.60. The Bertz CT molecular complexity index is 393. The van der Waals surface area contributed by atoms with Gasteiger partial charge in [0.1, 0.15) is 0 Å². The molecule has 1 unspecified atom stereocenters. The summed E-state index contributed by atoms with van der Waals surface area (Å²) in [5, 5.41) is 3.81. The van der Waals surface area contributed by atoms with E-state index in [9.17, 15) is 0 Å². The molecule has 110 valence electrons. The van der Waals surface area contributed by atoms with Crippen LogP contribution in [-0.4, -0.2) is 31.1 Å². The lowest BCUT2D eigenvalue weighted by Crippen LogP contribution is -2.37. The van der Waals surface area contributed by atoms with E-state index in [4.69, 9.17) is 0 Å². The Hall–Kier alpha value is -0.860. The molecule has 0 aromatic heterocycles. The maximum atomic E-state index is 3.81. The lowest BCUT2D eigenvalue weighted by Gasteiger charge is -2.26. The third kappa shape index (κ3) is 3.62. The Kier molecular flexibility index (Phi) is 4.74. The highest BCUT2D eigenvalue weighted by atomic mass is 15.1. The molecular formula is C18H28N2. The largest absolute Gasteiger partial charge is 0.308 e. The molecule has 20 heavy (non-hydrogen) atoms. The van der Waals surface area contributed by atoms with Gasteiger partial charge in [0, 0.05) is 25.2 Å². The van der Waals surface area contributed by atoms with Gasteiger partial charge < -0.3 is 10.2 Å². The summed E-state index contributed by atoms with van der Waals surface area (Å²) in [5.74, 6) is 0.870. The number of likely N-dealkylation sites (N-methyl/N-ethyl adjacent to an activating group) is 1. The van der Waals surface area contributed by atoms with Crippen LogP contribution in [0.3, 0.4) is 0 Å². The number of benzene rings is 1. The average Bonchev–Trinajstić information content (AvgIpc) is 3.17. The van der Waals surface area contributed by atoms with Crippen molar-refractivity contribution in [1.29, 1.82) is 0 Å². The smallest absolute Gasteiger partial charge is 0.0349 e. The molecule has 2 heteroatoms. The first-order valence-corrected chi connectivity index (χ1v) is 8.33. The molecule has 1 atom stereocenters. The minimum atomic E-state index is 0.577. The summed E-state index contributed by atoms with van der Waals surface area (Å²) in [6.45, 7) is 2.30. The SMILES string of the molecule is CN(CCNC(c1ccccc1)C1CC1)C1CCCC1. The molecule has 0 heterocycles. The van der Waals surface area contributed by atoms with E-state index in [-0.39, 0.29) is 0 Å². The molecule has 2 fully saturated rings. The summed E-state index contributed by atoms with van der Waals surface area (Å²) in [6.07, 6.45) is 8.45. The monoisotopic (exact) mass is 272 g/mol. The number of rotatable bonds is 7. The van der Waals surface area contributed by atoms with Gasteiger partial charge in [0.2, 0.25) is 0 Å². The van der Waals surface area contributed by atoms with Crippen molar-refractivity contribution in [2.75, 3.05) is 20.1 Å². The first-order chi connectivity index (χ1) is 9.84. The summed E-state index contributed by atoms with van der Waals surface area (Å²) < 4.78 is 0. The highest BCUT2D eigenvalue weighted by Crippen LogP contribution is 2.40. The molecule has 2 nitrogen and oxygen atoms in total. The van der Waals surface area contributed by atoms with Crippen LogP contribution in [0.15, 0.2) is 30.3 Å². The molecule has 1 N–H and O–H groups in total. The summed E-state index contributed by atoms with van der Waals surface area (Å²) >= 11 is 0. The van der Waals surface area contributed by atoms with Gasteiger partial charge in [-0.05, 0) is 44.2 Å². The highest BCUT2D eigenvalue weighted by molar-refractivity contribution is 5.21. The Morgan fingerprint density at radius 2 is 1.80 bits per heavy atom. The van der Waals surface area contributed by atoms with E-state index in [0.717, 1.165) is 18.5 Å². The van der Waals surface area contributed by atoms with Crippen LogP contribution in [0.1, 0.15) is 50.1 Å². The van der Waals surface area contributed by atoms with Gasteiger partial charge in [-0.2, -0.15) is 0 Å². The normalized spacial score (nSPS) is 21.5. The molecular weight excluding hydrogens is 244 g/mol. The van der Waals surface area contributed by atoms with Gasteiger partial charge in [0.05, 0.1) is 0 Å². The number of nitrogens with zero attached hydrogens (tertiary/aromatic N) is 1. The second-order valence-electron chi connectivity index (χ2n) is 6.60. The Balaban J connectivity index is 1.48. The fraction of sp³-hybridized carbons (Fsp3) is 0.667. The van der Waals surface area contributed by atoms with Gasteiger partial charge in [-0.15, -0.1) is 0 Å². The van der Waals surface area contributed by atoms with Crippen LogP contribution in [0, 0.1) is 5.92 Å². The summed E-state index contributed by atoms with van der Waals surface area (Å²) in [7, 11) is 2.30. The van der Waals surface area contributed by atoms with Crippen LogP contribution in [-0.2, 0) is 0 Å². The third-order valence-corrected chi connectivity index (χ3v) is 5.03. The van der Waals surface area contributed by atoms with E-state index in [2.05, 4.69) is 47.6 Å². The molecule has 0 aliphatic heterocycles. The van der Waals surface area contributed by atoms with Gasteiger partial charge in [-0.1, -0.05) is 43.2 Å². The number of hydrogen-bond donors (Lipinski definition) is 1. The van der Waals surface area contributed by atoms with Crippen molar-refractivity contribution in [1.82, 2.24) is 10.2 Å². The zero-order valence-corrected chi connectivity index (χ0v) is 12.7. The Morgan fingerprint density at radius 1 is 1.10 bits per heavy atom. The first-order valence-electron chi connectivity index (χ1n) is 8.33. The average molecular weight is 272 g/mol. The van der Waals surface area contributed by atoms with Crippen LogP contribution < -0.4 is 5.32 Å². The number of hydrogen-bond acceptors (Lipinski definition) is 2. The van der Waals surface area contributed by atoms with Gasteiger partial charge in [0.15, 0.2) is 0 Å². The maximum Gasteiger partial charge on any atom is 0.0349 e. The van der Waals surface area contributed by atoms with E-state index in [1.807, 2.05) is 0 Å². The molecule has 0 spiro atoms. The molecule has 3 rings (SSSR count). The lowest BCUT2D eigenvalue weighted by atomic mass is 10.0. The van der Waals surface area contributed by atoms with Crippen molar-refractivity contribution in [3.63, 3.8) is 0 Å². The predicted octanol–water partition coefficient (Wildman–Crippen LogP) is 3.60. The highest BCUT2D eigenvalue weighted by Gasteiger charge is 2.31. The van der Waals surface area contributed by atoms with Crippen molar-refractivity contribution >= 4 is 0 Å². The molecule has 0 bridgehead atoms. The topological polar surface area (TPSA) is 15.3 Å². The Morgan fingerprint density at radius 3 is 2.45 bits per heavy atom. The Labute approximate surface area is 123 Å². The molecule has 0 amide bonds. The van der Waals surface area contributed by atoms with Gasteiger partial charge in [-0.3, -0.25) is 0 Å². The quantitative estimate of drug-likeness (QED) is 0.816. The van der Waals surface area contributed by atoms with Crippen molar-refractivity contribution in [2.24, 2.45) is 5.92 Å². The van der Waals surface area contributed by atoms with Gasteiger partial charge in [0.25, 0.3) is 0 Å². The van der Waals surface area contributed by atoms with E-state index in [1.165, 1.54) is 50.6 Å². The van der Waals surface area contributed by atoms with Crippen LogP contribution in [0.25, 0.3) is 0 Å². The van der Waals surface area contributed by atoms with E-state index >= 15 is 0 Å². The van der Waals surface area contributed by atoms with Crippen molar-refractivity contribution in [3.05, 3.63) is 35.9 Å². The van der Waals surface area contributed by atoms with Crippen LogP contribution in [0.2, 0.25) is 0 Å². The lowest BCUT2D eigenvalue weighted by molar-refractivity contribution is 0.240. The van der Waals surface area contributed by atoms with E-state index in [0.29, 0.717) is 6.04 Å². The maximum absolute atomic E-state index is 3.81. The fourth-order valence-electron chi connectivity index (χ4n) is 3.57. The first kappa shape index (κ1) is 14.1. The standard InChI is InChI=1S/C18H28N2/c1-20(17-9-5-6-10-17)14-13-19-18(16-11-12-16)15-7-3-2-4-8-15/h2-4,7-8,16-19H,5-6,9-14H2,1H3. The molecule has 1 aromatic rings. The zero-order valence-electron chi connectivity index (χ0n) is 12.7. The summed E-state index contributed by atoms with van der Waals surface area (Å²) in [4.78, 5) is 2.56. The van der Waals surface area contributed by atoms with E-state index in [1.54, 1.807) is 0 Å². The van der Waals surface area contributed by atoms with Crippen molar-refractivity contribution < 1.29 is 0 Å². The zero-order chi connectivity index (χ0) is 13.8. The van der Waals surface area contributed by atoms with E-state index < -0.39 is 0 Å². The predicted molar refractivity (Wildman–Crippen MR) is 84.8 cm³/mol. The fourth-order valence-corrected chi connectivity index (χ4v) is 3.57. The van der Waals surface area contributed by atoms with Gasteiger partial charge in [-0.25, -0.2) is 0 Å². The molecule has 2 aliphatic carbocycles. The molecule has 0 saturated heterocycles. The number of nitrogens with one attached hydrogen (secondary N) is 1. The summed E-state index contributed by atoms with van der Waals surface area (Å²) in [5.41, 5.74) is 1.47.